The van der Waals surface area contributed by atoms with Gasteiger partial charge in [0.05, 0.1) is 5.88 Å². The summed E-state index contributed by atoms with van der Waals surface area (Å²) in [6.45, 7) is 7.41. The fourth-order valence-corrected chi connectivity index (χ4v) is 2.50. The number of terminal acetylenes is 1. The second-order valence-corrected chi connectivity index (χ2v) is 6.62. The Bertz CT molecular complexity index is 371. The van der Waals surface area contributed by atoms with Crippen molar-refractivity contribution in [1.82, 2.24) is 0 Å². The van der Waals surface area contributed by atoms with Gasteiger partial charge in [0.25, 0.3) is 0 Å². The Balaban J connectivity index is 0.000000711. The highest BCUT2D eigenvalue weighted by Crippen LogP contribution is 2.24. The number of hydrogen-bond acceptors (Lipinski definition) is 4. The number of nitrogens with zero attached hydrogens (tertiary/aromatic N) is 2. The van der Waals surface area contributed by atoms with Crippen molar-refractivity contribution in [2.75, 3.05) is 12.4 Å². The molecular weight excluding hydrogens is 272 g/mol. The van der Waals surface area contributed by atoms with E-state index in [1.165, 1.54) is 0 Å². The van der Waals surface area contributed by atoms with Crippen molar-refractivity contribution in [1.29, 1.82) is 0 Å². The fourth-order valence-electron chi connectivity index (χ4n) is 0.860. The second kappa shape index (κ2) is 13.5. The Morgan fingerprint density at radius 2 is 2.26 bits per heavy atom. The Kier molecular flexibility index (Phi) is 12.9. The lowest BCUT2D eigenvalue weighted by Crippen LogP contribution is -1.93. The lowest BCUT2D eigenvalue weighted by Gasteiger charge is -2.02. The van der Waals surface area contributed by atoms with Gasteiger partial charge in [-0.05, 0) is 41.4 Å². The van der Waals surface area contributed by atoms with Crippen LogP contribution in [0.15, 0.2) is 34.3 Å². The summed E-state index contributed by atoms with van der Waals surface area (Å²) in [5.74, 6) is 3.95. The van der Waals surface area contributed by atoms with Crippen LogP contribution in [0.25, 0.3) is 0 Å². The Morgan fingerprint density at radius 3 is 2.84 bits per heavy atom. The van der Waals surface area contributed by atoms with Crippen molar-refractivity contribution in [2.24, 2.45) is 15.9 Å². The van der Waals surface area contributed by atoms with E-state index in [1.807, 2.05) is 0 Å². The summed E-state index contributed by atoms with van der Waals surface area (Å²) in [6, 6.07) is 0. The van der Waals surface area contributed by atoms with E-state index >= 15 is 0 Å². The maximum Gasteiger partial charge on any atom is 0.101 e. The molecule has 1 rings (SSSR count). The van der Waals surface area contributed by atoms with Crippen LogP contribution in [-0.2, 0) is 0 Å². The number of hydrogen-bond donors (Lipinski definition) is 0. The van der Waals surface area contributed by atoms with Crippen LogP contribution in [0.1, 0.15) is 27.2 Å². The summed E-state index contributed by atoms with van der Waals surface area (Å²) < 4.78 is 0. The molecule has 0 fully saturated rings. The predicted molar refractivity (Wildman–Crippen MR) is 93.1 cm³/mol. The first-order valence-electron chi connectivity index (χ1n) is 6.28. The fraction of sp³-hybridized carbons (Fsp3) is 0.467. The minimum Gasteiger partial charge on any atom is -0.281 e. The van der Waals surface area contributed by atoms with Crippen molar-refractivity contribution >= 4 is 32.8 Å². The molecule has 0 unspecified atom stereocenters. The maximum absolute atomic E-state index is 5.04. The number of aliphatic imine (C=N–C) groups is 2. The molecule has 0 atom stereocenters. The first-order chi connectivity index (χ1) is 9.16. The zero-order chi connectivity index (χ0) is 14.3. The topological polar surface area (TPSA) is 24.7 Å². The molecule has 0 saturated carbocycles. The molecule has 0 saturated heterocycles. The van der Waals surface area contributed by atoms with Gasteiger partial charge in [-0.25, -0.2) is 0 Å². The van der Waals surface area contributed by atoms with Crippen LogP contribution >= 0.6 is 21.6 Å². The third-order valence-electron chi connectivity index (χ3n) is 1.48. The van der Waals surface area contributed by atoms with Gasteiger partial charge in [0.15, 0.2) is 0 Å². The second-order valence-electron chi connectivity index (χ2n) is 4.33. The van der Waals surface area contributed by atoms with Gasteiger partial charge in [0.1, 0.15) is 5.04 Å². The minimum absolute atomic E-state index is 0.715. The van der Waals surface area contributed by atoms with Crippen LogP contribution in [0, 0.1) is 18.3 Å². The van der Waals surface area contributed by atoms with E-state index in [4.69, 9.17) is 6.42 Å². The Morgan fingerprint density at radius 1 is 1.53 bits per heavy atom. The first kappa shape index (κ1) is 18.1. The molecular formula is C15H22N2S2. The smallest absolute Gasteiger partial charge is 0.101 e. The zero-order valence-corrected chi connectivity index (χ0v) is 13.5. The van der Waals surface area contributed by atoms with Gasteiger partial charge < -0.3 is 0 Å². The van der Waals surface area contributed by atoms with E-state index in [0.29, 0.717) is 5.88 Å². The first-order valence-corrected chi connectivity index (χ1v) is 8.60. The van der Waals surface area contributed by atoms with Gasteiger partial charge in [-0.15, -0.1) is 6.42 Å². The van der Waals surface area contributed by atoms with E-state index in [9.17, 15) is 0 Å². The highest BCUT2D eigenvalue weighted by atomic mass is 33.1. The van der Waals surface area contributed by atoms with Gasteiger partial charge in [0.2, 0.25) is 0 Å². The molecule has 1 aliphatic rings. The average Bonchev–Trinajstić information content (AvgIpc) is 2.38. The SMILES string of the molecule is C#C/C=C\C=N/CSSC1=NCCC=C1.CC(C)C. The van der Waals surface area contributed by atoms with Crippen molar-refractivity contribution < 1.29 is 0 Å². The standard InChI is InChI=1S/C11H12N2S2.C4H10/c1-2-3-5-8-12-10-14-15-11-7-4-6-9-13-11;1-4(2)3/h1,3-5,7-8H,6,9-10H2;4H,1-3H3/b5-3-,12-8-;. The molecule has 0 aliphatic carbocycles. The maximum atomic E-state index is 5.04. The van der Waals surface area contributed by atoms with Crippen molar-refractivity contribution in [2.45, 2.75) is 27.2 Å². The molecule has 1 aliphatic heterocycles. The molecule has 19 heavy (non-hydrogen) atoms. The van der Waals surface area contributed by atoms with Crippen molar-refractivity contribution in [3.63, 3.8) is 0 Å². The lowest BCUT2D eigenvalue weighted by molar-refractivity contribution is 0.737. The molecule has 0 N–H and O–H groups in total. The van der Waals surface area contributed by atoms with E-state index in [2.05, 4.69) is 48.8 Å². The van der Waals surface area contributed by atoms with Crippen LogP contribution in [0.5, 0.6) is 0 Å². The third kappa shape index (κ3) is 15.0. The minimum atomic E-state index is 0.715. The summed E-state index contributed by atoms with van der Waals surface area (Å²) in [7, 11) is 3.33. The molecule has 0 bridgehead atoms. The van der Waals surface area contributed by atoms with E-state index in [0.717, 1.165) is 23.9 Å². The summed E-state index contributed by atoms with van der Waals surface area (Å²) in [5.41, 5.74) is 0. The summed E-state index contributed by atoms with van der Waals surface area (Å²) >= 11 is 0. The zero-order valence-electron chi connectivity index (χ0n) is 11.9. The molecule has 4 heteroatoms. The molecule has 104 valence electrons. The van der Waals surface area contributed by atoms with Gasteiger partial charge in [0, 0.05) is 12.8 Å². The van der Waals surface area contributed by atoms with E-state index in [-0.39, 0.29) is 0 Å². The van der Waals surface area contributed by atoms with Crippen LogP contribution < -0.4 is 0 Å². The Hall–Kier alpha value is -0.920. The van der Waals surface area contributed by atoms with Crippen molar-refractivity contribution in [3.05, 3.63) is 24.3 Å². The molecule has 2 nitrogen and oxygen atoms in total. The molecule has 0 amide bonds. The van der Waals surface area contributed by atoms with Crippen LogP contribution in [0.2, 0.25) is 0 Å². The van der Waals surface area contributed by atoms with Gasteiger partial charge in [-0.3, -0.25) is 9.98 Å². The molecule has 0 aromatic carbocycles. The summed E-state index contributed by atoms with van der Waals surface area (Å²) in [5, 5.41) is 1.08. The normalized spacial score (nSPS) is 14.4. The van der Waals surface area contributed by atoms with Gasteiger partial charge >= 0.3 is 0 Å². The number of allylic oxidation sites excluding steroid dienone is 2. The molecule has 0 aromatic heterocycles. The van der Waals surface area contributed by atoms with Gasteiger partial charge in [-0.1, -0.05) is 43.6 Å². The average molecular weight is 294 g/mol. The highest BCUT2D eigenvalue weighted by molar-refractivity contribution is 8.82. The lowest BCUT2D eigenvalue weighted by atomic mass is 10.3. The van der Waals surface area contributed by atoms with Crippen molar-refractivity contribution in [3.8, 4) is 12.3 Å². The molecule has 0 spiro atoms. The summed E-state index contributed by atoms with van der Waals surface area (Å²) in [4.78, 5) is 8.51. The summed E-state index contributed by atoms with van der Waals surface area (Å²) in [6.07, 6.45) is 15.4. The van der Waals surface area contributed by atoms with Gasteiger partial charge in [-0.2, -0.15) is 0 Å². The number of rotatable bonds is 4. The van der Waals surface area contributed by atoms with E-state index < -0.39 is 0 Å². The quantitative estimate of drug-likeness (QED) is 0.327. The predicted octanol–water partition coefficient (Wildman–Crippen LogP) is 4.61. The molecule has 0 radical (unpaired) electrons. The Labute approximate surface area is 125 Å². The molecule has 0 aromatic rings. The van der Waals surface area contributed by atoms with Crippen LogP contribution in [0.4, 0.5) is 0 Å². The monoisotopic (exact) mass is 294 g/mol. The third-order valence-corrected chi connectivity index (χ3v) is 3.47. The molecule has 1 heterocycles. The van der Waals surface area contributed by atoms with E-state index in [1.54, 1.807) is 40.0 Å². The highest BCUT2D eigenvalue weighted by Gasteiger charge is 1.98. The largest absolute Gasteiger partial charge is 0.281 e. The number of dihydropyridines is 1. The van der Waals surface area contributed by atoms with Crippen LogP contribution in [0.3, 0.4) is 0 Å². The van der Waals surface area contributed by atoms with Crippen LogP contribution in [-0.4, -0.2) is 23.7 Å².